The Morgan fingerprint density at radius 3 is 2.58 bits per heavy atom. The normalized spacial score (nSPS) is 15.2. The van der Waals surface area contributed by atoms with Crippen molar-refractivity contribution in [2.24, 2.45) is 0 Å². The molecule has 4 rings (SSSR count). The third-order valence-corrected chi connectivity index (χ3v) is 6.42. The Labute approximate surface area is 196 Å². The largest absolute Gasteiger partial charge is 0.497 e. The minimum absolute atomic E-state index is 0.103. The number of thiocarbonyl (C=S) groups is 1. The Morgan fingerprint density at radius 2 is 1.94 bits per heavy atom. The highest BCUT2D eigenvalue weighted by Crippen LogP contribution is 2.47. The summed E-state index contributed by atoms with van der Waals surface area (Å²) in [4.78, 5) is 13.7. The van der Waals surface area contributed by atoms with Crippen LogP contribution in [0.25, 0.3) is 0 Å². The monoisotopic (exact) mass is 520 g/mol. The smallest absolute Gasteiger partial charge is 0.276 e. The molecule has 0 amide bonds. The van der Waals surface area contributed by atoms with Crippen LogP contribution in [-0.4, -0.2) is 21.9 Å². The number of hydrogen-bond donors (Lipinski definition) is 0. The number of hydrogen-bond acceptors (Lipinski definition) is 4. The summed E-state index contributed by atoms with van der Waals surface area (Å²) in [5.41, 5.74) is 2.18. The van der Waals surface area contributed by atoms with Gasteiger partial charge in [-0.2, -0.15) is 0 Å². The molecule has 5 nitrogen and oxygen atoms in total. The van der Waals surface area contributed by atoms with Gasteiger partial charge in [-0.1, -0.05) is 51.9 Å². The lowest BCUT2D eigenvalue weighted by Gasteiger charge is -2.28. The molecule has 0 fully saturated rings. The van der Waals surface area contributed by atoms with E-state index in [-0.39, 0.29) is 5.69 Å². The highest BCUT2D eigenvalue weighted by Gasteiger charge is 2.41. The average molecular weight is 522 g/mol. The van der Waals surface area contributed by atoms with E-state index in [0.29, 0.717) is 43.5 Å². The SMILES string of the molecule is COc1ccc(CN2C(=S)c3cc(Br)cc([N+](=O)[O-])c3C2c2cc(F)ccc2Cl)cc1. The van der Waals surface area contributed by atoms with Crippen molar-refractivity contribution in [3.05, 3.63) is 102 Å². The van der Waals surface area contributed by atoms with E-state index in [1.807, 2.05) is 29.2 Å². The molecule has 0 aliphatic carbocycles. The maximum absolute atomic E-state index is 14.2. The maximum Gasteiger partial charge on any atom is 0.276 e. The summed E-state index contributed by atoms with van der Waals surface area (Å²) >= 11 is 15.5. The summed E-state index contributed by atoms with van der Waals surface area (Å²) in [6.45, 7) is 0.351. The maximum atomic E-state index is 14.2. The summed E-state index contributed by atoms with van der Waals surface area (Å²) in [6, 6.07) is 13.9. The molecule has 0 aromatic heterocycles. The van der Waals surface area contributed by atoms with Gasteiger partial charge in [-0.15, -0.1) is 0 Å². The number of benzene rings is 3. The summed E-state index contributed by atoms with van der Waals surface area (Å²) in [7, 11) is 1.58. The molecule has 1 unspecified atom stereocenters. The highest BCUT2D eigenvalue weighted by molar-refractivity contribution is 9.10. The van der Waals surface area contributed by atoms with Gasteiger partial charge < -0.3 is 9.64 Å². The van der Waals surface area contributed by atoms with Crippen molar-refractivity contribution in [2.75, 3.05) is 7.11 Å². The first kappa shape index (κ1) is 21.7. The first-order valence-electron chi connectivity index (χ1n) is 9.17. The van der Waals surface area contributed by atoms with Crippen molar-refractivity contribution in [2.45, 2.75) is 12.6 Å². The van der Waals surface area contributed by atoms with E-state index in [1.165, 1.54) is 24.3 Å². The van der Waals surface area contributed by atoms with Crippen molar-refractivity contribution >= 4 is 50.4 Å². The Balaban J connectivity index is 1.90. The fourth-order valence-electron chi connectivity index (χ4n) is 3.79. The number of nitro groups is 1. The number of fused-ring (bicyclic) bond motifs is 1. The van der Waals surface area contributed by atoms with E-state index in [2.05, 4.69) is 15.9 Å². The first-order chi connectivity index (χ1) is 14.8. The van der Waals surface area contributed by atoms with Gasteiger partial charge in [0.25, 0.3) is 5.69 Å². The van der Waals surface area contributed by atoms with Crippen molar-refractivity contribution in [3.63, 3.8) is 0 Å². The van der Waals surface area contributed by atoms with Crippen LogP contribution in [0, 0.1) is 15.9 Å². The van der Waals surface area contributed by atoms with Gasteiger partial charge in [0.1, 0.15) is 16.6 Å². The van der Waals surface area contributed by atoms with Gasteiger partial charge in [-0.25, -0.2) is 4.39 Å². The Morgan fingerprint density at radius 1 is 1.23 bits per heavy atom. The second kappa shape index (κ2) is 8.53. The van der Waals surface area contributed by atoms with Crippen molar-refractivity contribution in [1.82, 2.24) is 4.90 Å². The molecule has 0 saturated heterocycles. The average Bonchev–Trinajstić information content (AvgIpc) is 3.01. The number of ether oxygens (including phenoxy) is 1. The van der Waals surface area contributed by atoms with E-state index in [4.69, 9.17) is 28.6 Å². The van der Waals surface area contributed by atoms with Crippen LogP contribution in [0.3, 0.4) is 0 Å². The zero-order valence-corrected chi connectivity index (χ0v) is 19.3. The summed E-state index contributed by atoms with van der Waals surface area (Å²) in [5.74, 6) is 0.225. The second-order valence-corrected chi connectivity index (χ2v) is 8.70. The van der Waals surface area contributed by atoms with Gasteiger partial charge in [0.15, 0.2) is 0 Å². The number of nitro benzene ring substituents is 1. The van der Waals surface area contributed by atoms with E-state index >= 15 is 0 Å². The minimum Gasteiger partial charge on any atom is -0.497 e. The van der Waals surface area contributed by atoms with Crippen LogP contribution in [-0.2, 0) is 6.54 Å². The van der Waals surface area contributed by atoms with Crippen LogP contribution in [0.4, 0.5) is 10.1 Å². The molecule has 0 N–H and O–H groups in total. The van der Waals surface area contributed by atoms with Gasteiger partial charge >= 0.3 is 0 Å². The molecule has 0 saturated carbocycles. The molecule has 1 aliphatic heterocycles. The molecule has 9 heteroatoms. The molecule has 1 heterocycles. The van der Waals surface area contributed by atoms with Crippen molar-refractivity contribution in [1.29, 1.82) is 0 Å². The fourth-order valence-corrected chi connectivity index (χ4v) is 4.79. The molecular weight excluding hydrogens is 507 g/mol. The van der Waals surface area contributed by atoms with Crippen molar-refractivity contribution < 1.29 is 14.1 Å². The first-order valence-corrected chi connectivity index (χ1v) is 10.7. The predicted molar refractivity (Wildman–Crippen MR) is 124 cm³/mol. The number of rotatable bonds is 5. The Bertz CT molecular complexity index is 1210. The quantitative estimate of drug-likeness (QED) is 0.220. The fraction of sp³-hybridized carbons (Fsp3) is 0.136. The van der Waals surface area contributed by atoms with Crippen LogP contribution in [0.2, 0.25) is 5.02 Å². The molecule has 158 valence electrons. The molecular formula is C22H15BrClFN2O3S. The van der Waals surface area contributed by atoms with Crippen molar-refractivity contribution in [3.8, 4) is 5.75 Å². The lowest BCUT2D eigenvalue weighted by molar-refractivity contribution is -0.385. The minimum atomic E-state index is -0.707. The summed E-state index contributed by atoms with van der Waals surface area (Å²) < 4.78 is 19.9. The van der Waals surface area contributed by atoms with Gasteiger partial charge in [0, 0.05) is 33.2 Å². The van der Waals surface area contributed by atoms with E-state index in [0.717, 1.165) is 5.56 Å². The van der Waals surface area contributed by atoms with Crippen LogP contribution in [0.15, 0.2) is 59.1 Å². The molecule has 0 radical (unpaired) electrons. The molecule has 3 aromatic rings. The lowest BCUT2D eigenvalue weighted by atomic mass is 9.96. The van der Waals surface area contributed by atoms with Gasteiger partial charge in [-0.3, -0.25) is 10.1 Å². The molecule has 3 aromatic carbocycles. The van der Waals surface area contributed by atoms with E-state index < -0.39 is 16.8 Å². The zero-order valence-electron chi connectivity index (χ0n) is 16.1. The molecule has 1 aliphatic rings. The van der Waals surface area contributed by atoms with Crippen LogP contribution < -0.4 is 4.74 Å². The number of halogens is 3. The third-order valence-electron chi connectivity index (χ3n) is 5.16. The van der Waals surface area contributed by atoms with Gasteiger partial charge in [-0.05, 0) is 42.0 Å². The lowest BCUT2D eigenvalue weighted by Crippen LogP contribution is -2.28. The van der Waals surface area contributed by atoms with Gasteiger partial charge in [0.2, 0.25) is 0 Å². The van der Waals surface area contributed by atoms with Crippen LogP contribution >= 0.6 is 39.7 Å². The van der Waals surface area contributed by atoms with Crippen LogP contribution in [0.1, 0.15) is 28.3 Å². The Kier molecular flexibility index (Phi) is 5.96. The van der Waals surface area contributed by atoms with Gasteiger partial charge in [0.05, 0.1) is 23.6 Å². The number of nitrogens with zero attached hydrogens (tertiary/aromatic N) is 2. The summed E-state index contributed by atoms with van der Waals surface area (Å²) in [5, 5.41) is 12.2. The van der Waals surface area contributed by atoms with Crippen LogP contribution in [0.5, 0.6) is 5.75 Å². The summed E-state index contributed by atoms with van der Waals surface area (Å²) in [6.07, 6.45) is 0. The zero-order chi connectivity index (χ0) is 22.3. The van der Waals surface area contributed by atoms with E-state index in [9.17, 15) is 14.5 Å². The van der Waals surface area contributed by atoms with E-state index in [1.54, 1.807) is 13.2 Å². The molecule has 31 heavy (non-hydrogen) atoms. The molecule has 1 atom stereocenters. The highest BCUT2D eigenvalue weighted by atomic mass is 79.9. The standard InChI is InChI=1S/C22H15BrClFN2O3S/c1-30-15-5-2-12(3-6-15)11-26-21(16-10-14(25)4-7-18(16)24)20-17(22(26)31)8-13(23)9-19(20)27(28)29/h2-10,21H,11H2,1H3. The topological polar surface area (TPSA) is 55.6 Å². The molecule has 0 spiro atoms. The predicted octanol–water partition coefficient (Wildman–Crippen LogP) is 6.44. The third kappa shape index (κ3) is 4.03. The Hall–Kier alpha value is -2.55. The second-order valence-electron chi connectivity index (χ2n) is 6.99. The number of methoxy groups -OCH3 is 1. The molecule has 0 bridgehead atoms.